The Bertz CT molecular complexity index is 274. The van der Waals surface area contributed by atoms with Crippen LogP contribution in [0.15, 0.2) is 0 Å². The Morgan fingerprint density at radius 1 is 0.895 bits per heavy atom. The number of nitrogens with one attached hydrogen (secondary N) is 1. The molecule has 0 aliphatic heterocycles. The van der Waals surface area contributed by atoms with E-state index < -0.39 is 55.9 Å². The van der Waals surface area contributed by atoms with Gasteiger partial charge in [0.05, 0.1) is 12.7 Å². The zero-order valence-corrected chi connectivity index (χ0v) is 9.86. The lowest BCUT2D eigenvalue weighted by Gasteiger charge is -2.26. The predicted octanol–water partition coefficient (Wildman–Crippen LogP) is -5.79. The van der Waals surface area contributed by atoms with E-state index in [2.05, 4.69) is 0 Å². The van der Waals surface area contributed by atoms with Crippen LogP contribution in [0.3, 0.4) is 0 Å². The van der Waals surface area contributed by atoms with Crippen molar-refractivity contribution >= 4 is 5.91 Å². The highest BCUT2D eigenvalue weighted by atomic mass is 16.5. The summed E-state index contributed by atoms with van der Waals surface area (Å²) in [6, 6.07) is 0. The standard InChI is InChI=1S/C9H19NO9/c11-2-3(12)1-10-8(17)6(15)4(13)5(14)7(16)9(18)19/h3-7,9,11-16,18-19H,1-2H2,(H,10,17)/t3?,4-,5-,6+,7-/m0/s1. The van der Waals surface area contributed by atoms with Crippen molar-refractivity contribution in [3.05, 3.63) is 0 Å². The van der Waals surface area contributed by atoms with Crippen LogP contribution in [0.1, 0.15) is 0 Å². The van der Waals surface area contributed by atoms with Gasteiger partial charge in [-0.1, -0.05) is 0 Å². The van der Waals surface area contributed by atoms with Crippen molar-refractivity contribution < 1.29 is 45.6 Å². The van der Waals surface area contributed by atoms with Gasteiger partial charge in [0.2, 0.25) is 0 Å². The molecule has 0 aliphatic rings. The van der Waals surface area contributed by atoms with E-state index in [4.69, 9.17) is 25.5 Å². The minimum atomic E-state index is -2.36. The van der Waals surface area contributed by atoms with Crippen molar-refractivity contribution in [3.8, 4) is 0 Å². The summed E-state index contributed by atoms with van der Waals surface area (Å²) in [5, 5.41) is 73.4. The van der Waals surface area contributed by atoms with Crippen LogP contribution in [0.4, 0.5) is 0 Å². The van der Waals surface area contributed by atoms with Gasteiger partial charge in [-0.15, -0.1) is 0 Å². The molecule has 19 heavy (non-hydrogen) atoms. The molecule has 0 saturated carbocycles. The lowest BCUT2D eigenvalue weighted by atomic mass is 10.0. The van der Waals surface area contributed by atoms with E-state index >= 15 is 0 Å². The number of aliphatic hydroxyl groups is 8. The molecule has 0 aromatic heterocycles. The van der Waals surface area contributed by atoms with Crippen molar-refractivity contribution in [2.75, 3.05) is 13.2 Å². The van der Waals surface area contributed by atoms with Crippen LogP contribution in [0.5, 0.6) is 0 Å². The van der Waals surface area contributed by atoms with Crippen LogP contribution in [0.2, 0.25) is 0 Å². The Labute approximate surface area is 108 Å². The summed E-state index contributed by atoms with van der Waals surface area (Å²) < 4.78 is 0. The second-order valence-corrected chi connectivity index (χ2v) is 3.91. The van der Waals surface area contributed by atoms with Crippen LogP contribution >= 0.6 is 0 Å². The van der Waals surface area contributed by atoms with Gasteiger partial charge in [-0.25, -0.2) is 0 Å². The molecule has 0 saturated heterocycles. The SMILES string of the molecule is O=C(NCC(O)CO)[C@H](O)[C@@H](O)[C@H](O)[C@H](O)C(O)O. The summed E-state index contributed by atoms with van der Waals surface area (Å²) in [5.41, 5.74) is 0. The first kappa shape index (κ1) is 18.1. The molecule has 0 bridgehead atoms. The van der Waals surface area contributed by atoms with Gasteiger partial charge in [0, 0.05) is 6.54 Å². The maximum Gasteiger partial charge on any atom is 0.251 e. The van der Waals surface area contributed by atoms with Crippen LogP contribution in [-0.2, 0) is 4.79 Å². The summed E-state index contributed by atoms with van der Waals surface area (Å²) in [6.45, 7) is -1.03. The van der Waals surface area contributed by atoms with Crippen LogP contribution < -0.4 is 5.32 Å². The fourth-order valence-electron chi connectivity index (χ4n) is 1.11. The largest absolute Gasteiger partial charge is 0.394 e. The Kier molecular flexibility index (Phi) is 7.97. The molecule has 10 nitrogen and oxygen atoms in total. The zero-order chi connectivity index (χ0) is 15.2. The van der Waals surface area contributed by atoms with E-state index in [0.717, 1.165) is 0 Å². The second kappa shape index (κ2) is 8.35. The van der Waals surface area contributed by atoms with Crippen LogP contribution in [0, 0.1) is 0 Å². The molecule has 1 amide bonds. The molecule has 0 heterocycles. The van der Waals surface area contributed by atoms with Gasteiger partial charge < -0.3 is 46.2 Å². The number of hydrogen-bond acceptors (Lipinski definition) is 9. The third-order valence-corrected chi connectivity index (χ3v) is 2.32. The first-order valence-electron chi connectivity index (χ1n) is 5.37. The molecule has 0 aromatic carbocycles. The molecule has 0 rings (SSSR count). The van der Waals surface area contributed by atoms with Gasteiger partial charge in [0.15, 0.2) is 12.4 Å². The molecule has 5 atom stereocenters. The molecule has 9 N–H and O–H groups in total. The maximum absolute atomic E-state index is 11.3. The maximum atomic E-state index is 11.3. The highest BCUT2D eigenvalue weighted by Crippen LogP contribution is 2.07. The average Bonchev–Trinajstić information content (AvgIpc) is 2.40. The number of amides is 1. The fourth-order valence-corrected chi connectivity index (χ4v) is 1.11. The third-order valence-electron chi connectivity index (χ3n) is 2.32. The van der Waals surface area contributed by atoms with Gasteiger partial charge in [-0.05, 0) is 0 Å². The molecular formula is C9H19NO9. The van der Waals surface area contributed by atoms with Crippen molar-refractivity contribution in [3.63, 3.8) is 0 Å². The van der Waals surface area contributed by atoms with E-state index in [1.165, 1.54) is 0 Å². The summed E-state index contributed by atoms with van der Waals surface area (Å²) in [7, 11) is 0. The molecule has 0 fully saturated rings. The number of carbonyl (C=O) groups is 1. The van der Waals surface area contributed by atoms with E-state index in [1.54, 1.807) is 0 Å². The summed E-state index contributed by atoms with van der Waals surface area (Å²) in [4.78, 5) is 11.3. The number of carbonyl (C=O) groups excluding carboxylic acids is 1. The van der Waals surface area contributed by atoms with Crippen molar-refractivity contribution in [2.24, 2.45) is 0 Å². The minimum absolute atomic E-state index is 0.402. The lowest BCUT2D eigenvalue weighted by Crippen LogP contribution is -2.54. The molecule has 10 heteroatoms. The monoisotopic (exact) mass is 285 g/mol. The van der Waals surface area contributed by atoms with Crippen LogP contribution in [0.25, 0.3) is 0 Å². The molecule has 0 aromatic rings. The van der Waals surface area contributed by atoms with Crippen LogP contribution in [-0.4, -0.2) is 96.7 Å². The Morgan fingerprint density at radius 2 is 1.42 bits per heavy atom. The zero-order valence-electron chi connectivity index (χ0n) is 9.86. The quantitative estimate of drug-likeness (QED) is 0.195. The van der Waals surface area contributed by atoms with Gasteiger partial charge >= 0.3 is 0 Å². The molecule has 0 radical (unpaired) electrons. The summed E-state index contributed by atoms with van der Waals surface area (Å²) in [6.07, 6.45) is -12.3. The normalized spacial score (nSPS) is 19.6. The predicted molar refractivity (Wildman–Crippen MR) is 58.4 cm³/mol. The van der Waals surface area contributed by atoms with Gasteiger partial charge in [0.25, 0.3) is 5.91 Å². The van der Waals surface area contributed by atoms with Gasteiger partial charge in [0.1, 0.15) is 18.3 Å². The second-order valence-electron chi connectivity index (χ2n) is 3.91. The van der Waals surface area contributed by atoms with Crippen molar-refractivity contribution in [2.45, 2.75) is 36.8 Å². The van der Waals surface area contributed by atoms with E-state index in [1.807, 2.05) is 5.32 Å². The third kappa shape index (κ3) is 5.76. The van der Waals surface area contributed by atoms with Crippen molar-refractivity contribution in [1.82, 2.24) is 5.32 Å². The Morgan fingerprint density at radius 3 is 1.84 bits per heavy atom. The van der Waals surface area contributed by atoms with Gasteiger partial charge in [-0.3, -0.25) is 4.79 Å². The van der Waals surface area contributed by atoms with Gasteiger partial charge in [-0.2, -0.15) is 0 Å². The van der Waals surface area contributed by atoms with E-state index in [-0.39, 0.29) is 0 Å². The molecule has 114 valence electrons. The van der Waals surface area contributed by atoms with E-state index in [0.29, 0.717) is 0 Å². The molecular weight excluding hydrogens is 266 g/mol. The molecule has 1 unspecified atom stereocenters. The molecule has 0 spiro atoms. The fraction of sp³-hybridized carbons (Fsp3) is 0.889. The Hall–Kier alpha value is -0.850. The summed E-state index contributed by atoms with van der Waals surface area (Å²) in [5.74, 6) is -1.18. The first-order chi connectivity index (χ1) is 8.72. The smallest absolute Gasteiger partial charge is 0.251 e. The topological polar surface area (TPSA) is 191 Å². The first-order valence-corrected chi connectivity index (χ1v) is 5.37. The lowest BCUT2D eigenvalue weighted by molar-refractivity contribution is -0.190. The summed E-state index contributed by atoms with van der Waals surface area (Å²) >= 11 is 0. The Balaban J connectivity index is 4.38. The number of rotatable bonds is 8. The highest BCUT2D eigenvalue weighted by Gasteiger charge is 2.36. The van der Waals surface area contributed by atoms with Crippen molar-refractivity contribution in [1.29, 1.82) is 0 Å². The number of hydrogen-bond donors (Lipinski definition) is 9. The molecule has 0 aliphatic carbocycles. The minimum Gasteiger partial charge on any atom is -0.394 e. The number of aliphatic hydroxyl groups excluding tert-OH is 7. The van der Waals surface area contributed by atoms with E-state index in [9.17, 15) is 20.1 Å². The highest BCUT2D eigenvalue weighted by molar-refractivity contribution is 5.81. The average molecular weight is 285 g/mol.